The quantitative estimate of drug-likeness (QED) is 0.399. The standard InChI is InChI=1S/C25H25BrN2O4/c1-31-16-14-27-24(29)19-7-10-21(11-8-19)28-25(30)22-17-20(26)9-12-23(22)32-15-13-18-5-3-2-4-6-18/h2-12,17H,13-16H2,1H3,(H,27,29)(H,28,30). The smallest absolute Gasteiger partial charge is 0.259 e. The van der Waals surface area contributed by atoms with Crippen LogP contribution < -0.4 is 15.4 Å². The van der Waals surface area contributed by atoms with Crippen molar-refractivity contribution in [1.82, 2.24) is 5.32 Å². The summed E-state index contributed by atoms with van der Waals surface area (Å²) in [4.78, 5) is 25.0. The number of methoxy groups -OCH3 is 1. The van der Waals surface area contributed by atoms with Crippen LogP contribution in [0.15, 0.2) is 77.3 Å². The van der Waals surface area contributed by atoms with Gasteiger partial charge in [-0.3, -0.25) is 9.59 Å². The molecule has 0 saturated heterocycles. The van der Waals surface area contributed by atoms with Crippen molar-refractivity contribution < 1.29 is 19.1 Å². The van der Waals surface area contributed by atoms with Gasteiger partial charge in [0.2, 0.25) is 0 Å². The number of halogens is 1. The average molecular weight is 497 g/mol. The summed E-state index contributed by atoms with van der Waals surface area (Å²) in [6.07, 6.45) is 0.742. The van der Waals surface area contributed by atoms with Crippen LogP contribution in [0, 0.1) is 0 Å². The third-order valence-corrected chi connectivity index (χ3v) is 5.17. The van der Waals surface area contributed by atoms with Crippen LogP contribution in [0.25, 0.3) is 0 Å². The number of benzene rings is 3. The molecule has 2 amide bonds. The summed E-state index contributed by atoms with van der Waals surface area (Å²) in [5, 5.41) is 5.62. The van der Waals surface area contributed by atoms with Crippen LogP contribution in [0.2, 0.25) is 0 Å². The number of nitrogens with one attached hydrogen (secondary N) is 2. The lowest BCUT2D eigenvalue weighted by molar-refractivity contribution is 0.0936. The van der Waals surface area contributed by atoms with E-state index < -0.39 is 0 Å². The van der Waals surface area contributed by atoms with E-state index in [0.29, 0.717) is 42.3 Å². The van der Waals surface area contributed by atoms with E-state index >= 15 is 0 Å². The summed E-state index contributed by atoms with van der Waals surface area (Å²) in [5.41, 5.74) is 2.68. The molecule has 0 aliphatic heterocycles. The van der Waals surface area contributed by atoms with Gasteiger partial charge in [-0.1, -0.05) is 46.3 Å². The molecule has 0 heterocycles. The first kappa shape index (κ1) is 23.5. The van der Waals surface area contributed by atoms with Gasteiger partial charge < -0.3 is 20.1 Å². The largest absolute Gasteiger partial charge is 0.492 e. The average Bonchev–Trinajstić information content (AvgIpc) is 2.81. The molecule has 3 rings (SSSR count). The molecule has 0 aliphatic carbocycles. The van der Waals surface area contributed by atoms with Gasteiger partial charge in [-0.15, -0.1) is 0 Å². The van der Waals surface area contributed by atoms with Gasteiger partial charge in [-0.05, 0) is 48.0 Å². The van der Waals surface area contributed by atoms with E-state index in [1.165, 1.54) is 5.56 Å². The number of hydrogen-bond acceptors (Lipinski definition) is 4. The van der Waals surface area contributed by atoms with Crippen molar-refractivity contribution in [2.45, 2.75) is 6.42 Å². The molecule has 0 radical (unpaired) electrons. The van der Waals surface area contributed by atoms with Crippen LogP contribution in [0.5, 0.6) is 5.75 Å². The molecule has 0 aliphatic rings. The Morgan fingerprint density at radius 2 is 1.66 bits per heavy atom. The molecule has 32 heavy (non-hydrogen) atoms. The van der Waals surface area contributed by atoms with Crippen molar-refractivity contribution in [2.75, 3.05) is 32.2 Å². The summed E-state index contributed by atoms with van der Waals surface area (Å²) in [6, 6.07) is 22.1. The number of ether oxygens (including phenoxy) is 2. The van der Waals surface area contributed by atoms with Gasteiger partial charge in [0.1, 0.15) is 5.75 Å². The Kier molecular flexibility index (Phi) is 8.83. The van der Waals surface area contributed by atoms with Crippen LogP contribution in [-0.2, 0) is 11.2 Å². The molecule has 0 unspecified atom stereocenters. The monoisotopic (exact) mass is 496 g/mol. The van der Waals surface area contributed by atoms with E-state index in [0.717, 1.165) is 10.9 Å². The van der Waals surface area contributed by atoms with Gasteiger partial charge >= 0.3 is 0 Å². The molecule has 2 N–H and O–H groups in total. The molecule has 6 nitrogen and oxygen atoms in total. The van der Waals surface area contributed by atoms with E-state index in [1.54, 1.807) is 43.5 Å². The Morgan fingerprint density at radius 3 is 2.38 bits per heavy atom. The molecule has 3 aromatic rings. The van der Waals surface area contributed by atoms with Crippen LogP contribution >= 0.6 is 15.9 Å². The second kappa shape index (κ2) is 12.0. The maximum absolute atomic E-state index is 12.9. The first-order valence-electron chi connectivity index (χ1n) is 10.2. The minimum absolute atomic E-state index is 0.194. The molecule has 3 aromatic carbocycles. The molecular weight excluding hydrogens is 472 g/mol. The van der Waals surface area contributed by atoms with Crippen molar-refractivity contribution in [3.8, 4) is 5.75 Å². The van der Waals surface area contributed by atoms with E-state index in [9.17, 15) is 9.59 Å². The van der Waals surface area contributed by atoms with E-state index in [-0.39, 0.29) is 11.8 Å². The number of carbonyl (C=O) groups excluding carboxylic acids is 2. The number of hydrogen-bond donors (Lipinski definition) is 2. The Hall–Kier alpha value is -3.16. The summed E-state index contributed by atoms with van der Waals surface area (Å²) in [6.45, 7) is 1.34. The van der Waals surface area contributed by atoms with Crippen LogP contribution in [0.1, 0.15) is 26.3 Å². The third-order valence-electron chi connectivity index (χ3n) is 4.67. The highest BCUT2D eigenvalue weighted by molar-refractivity contribution is 9.10. The molecular formula is C25H25BrN2O4. The third kappa shape index (κ3) is 6.93. The Morgan fingerprint density at radius 1 is 0.906 bits per heavy atom. The van der Waals surface area contributed by atoms with Crippen molar-refractivity contribution in [3.05, 3.63) is 94.0 Å². The summed E-state index contributed by atoms with van der Waals surface area (Å²) in [7, 11) is 1.58. The molecule has 0 bridgehead atoms. The Labute approximate surface area is 196 Å². The second-order valence-corrected chi connectivity index (χ2v) is 7.92. The second-order valence-electron chi connectivity index (χ2n) is 7.00. The normalized spacial score (nSPS) is 10.4. The highest BCUT2D eigenvalue weighted by atomic mass is 79.9. The van der Waals surface area contributed by atoms with Gasteiger partial charge in [0.05, 0.1) is 18.8 Å². The minimum Gasteiger partial charge on any atom is -0.492 e. The predicted molar refractivity (Wildman–Crippen MR) is 128 cm³/mol. The maximum Gasteiger partial charge on any atom is 0.259 e. The molecule has 0 spiro atoms. The molecule has 0 atom stereocenters. The number of carbonyl (C=O) groups is 2. The van der Waals surface area contributed by atoms with Gasteiger partial charge in [-0.25, -0.2) is 0 Å². The Bertz CT molecular complexity index is 1040. The van der Waals surface area contributed by atoms with Crippen molar-refractivity contribution in [2.24, 2.45) is 0 Å². The predicted octanol–water partition coefficient (Wildman–Crippen LogP) is 4.70. The fourth-order valence-corrected chi connectivity index (χ4v) is 3.36. The summed E-state index contributed by atoms with van der Waals surface area (Å²) >= 11 is 3.42. The number of rotatable bonds is 10. The molecule has 166 valence electrons. The zero-order valence-electron chi connectivity index (χ0n) is 17.8. The topological polar surface area (TPSA) is 76.7 Å². The molecule has 0 saturated carbocycles. The maximum atomic E-state index is 12.9. The molecule has 0 aromatic heterocycles. The van der Waals surface area contributed by atoms with E-state index in [2.05, 4.69) is 26.6 Å². The lowest BCUT2D eigenvalue weighted by Crippen LogP contribution is -2.26. The molecule has 7 heteroatoms. The van der Waals surface area contributed by atoms with Crippen molar-refractivity contribution >= 4 is 33.4 Å². The molecule has 0 fully saturated rings. The van der Waals surface area contributed by atoms with E-state index in [4.69, 9.17) is 9.47 Å². The highest BCUT2D eigenvalue weighted by Gasteiger charge is 2.14. The van der Waals surface area contributed by atoms with E-state index in [1.807, 2.05) is 36.4 Å². The van der Waals surface area contributed by atoms with Gasteiger partial charge in [0.25, 0.3) is 11.8 Å². The first-order chi connectivity index (χ1) is 15.6. The zero-order valence-corrected chi connectivity index (χ0v) is 19.4. The van der Waals surface area contributed by atoms with Crippen LogP contribution in [-0.4, -0.2) is 38.7 Å². The fourth-order valence-electron chi connectivity index (χ4n) is 3.00. The summed E-state index contributed by atoms with van der Waals surface area (Å²) in [5.74, 6) is 0.0232. The van der Waals surface area contributed by atoms with Gasteiger partial charge in [0, 0.05) is 35.8 Å². The number of anilines is 1. The highest BCUT2D eigenvalue weighted by Crippen LogP contribution is 2.25. The SMILES string of the molecule is COCCNC(=O)c1ccc(NC(=O)c2cc(Br)ccc2OCCc2ccccc2)cc1. The van der Waals surface area contributed by atoms with Gasteiger partial charge in [-0.2, -0.15) is 0 Å². The minimum atomic E-state index is -0.293. The van der Waals surface area contributed by atoms with Crippen molar-refractivity contribution in [3.63, 3.8) is 0 Å². The number of amides is 2. The lowest BCUT2D eigenvalue weighted by atomic mass is 10.1. The van der Waals surface area contributed by atoms with Crippen LogP contribution in [0.3, 0.4) is 0 Å². The fraction of sp³-hybridized carbons (Fsp3) is 0.200. The lowest BCUT2D eigenvalue weighted by Gasteiger charge is -2.13. The van der Waals surface area contributed by atoms with Gasteiger partial charge in [0.15, 0.2) is 0 Å². The van der Waals surface area contributed by atoms with Crippen molar-refractivity contribution in [1.29, 1.82) is 0 Å². The Balaban J connectivity index is 1.62. The zero-order chi connectivity index (χ0) is 22.8. The summed E-state index contributed by atoms with van der Waals surface area (Å²) < 4.78 is 11.6. The first-order valence-corrected chi connectivity index (χ1v) is 11.0. The van der Waals surface area contributed by atoms with Crippen LogP contribution in [0.4, 0.5) is 5.69 Å².